The Kier molecular flexibility index (Phi) is 5.99. The van der Waals surface area contributed by atoms with Crippen LogP contribution >= 0.6 is 0 Å². The Hall–Kier alpha value is -2.93. The summed E-state index contributed by atoms with van der Waals surface area (Å²) >= 11 is 0. The lowest BCUT2D eigenvalue weighted by Gasteiger charge is -2.37. The summed E-state index contributed by atoms with van der Waals surface area (Å²) in [5.74, 6) is -0.502. The van der Waals surface area contributed by atoms with Gasteiger partial charge in [-0.25, -0.2) is 9.18 Å². The third kappa shape index (κ3) is 4.16. The number of nitrogens with zero attached hydrogens (tertiary/aromatic N) is 2. The van der Waals surface area contributed by atoms with Gasteiger partial charge in [-0.2, -0.15) is 0 Å². The van der Waals surface area contributed by atoms with Gasteiger partial charge in [0.05, 0.1) is 12.8 Å². The van der Waals surface area contributed by atoms with Gasteiger partial charge in [0.1, 0.15) is 12.4 Å². The highest BCUT2D eigenvalue weighted by Crippen LogP contribution is 2.20. The van der Waals surface area contributed by atoms with Crippen LogP contribution in [0.3, 0.4) is 0 Å². The number of halogens is 1. The Balaban J connectivity index is 1.40. The molecule has 0 spiro atoms. The highest BCUT2D eigenvalue weighted by atomic mass is 19.1. The first-order valence-electron chi connectivity index (χ1n) is 10.3. The van der Waals surface area contributed by atoms with Gasteiger partial charge >= 0.3 is 5.97 Å². The van der Waals surface area contributed by atoms with Gasteiger partial charge in [-0.05, 0) is 17.7 Å². The second-order valence-corrected chi connectivity index (χ2v) is 7.88. The fourth-order valence-electron chi connectivity index (χ4n) is 4.45. The minimum atomic E-state index is -0.381. The van der Waals surface area contributed by atoms with Crippen molar-refractivity contribution in [3.05, 3.63) is 65.5 Å². The number of nitrogens with one attached hydrogen (secondary N) is 1. The molecule has 0 aliphatic carbocycles. The maximum Gasteiger partial charge on any atom is 0.365 e. The third-order valence-corrected chi connectivity index (χ3v) is 6.14. The van der Waals surface area contributed by atoms with Gasteiger partial charge in [-0.1, -0.05) is 36.4 Å². The van der Waals surface area contributed by atoms with E-state index < -0.39 is 0 Å². The van der Waals surface area contributed by atoms with Gasteiger partial charge in [-0.3, -0.25) is 4.79 Å². The summed E-state index contributed by atoms with van der Waals surface area (Å²) < 4.78 is 19.1. The molecule has 1 fully saturated rings. The molecule has 0 bridgehead atoms. The number of carbonyl (C=O) groups excluding carboxylic acids is 2. The smallest absolute Gasteiger partial charge is 0.365 e. The number of rotatable bonds is 4. The molecule has 6 nitrogen and oxygen atoms in total. The lowest BCUT2D eigenvalue weighted by Crippen LogP contribution is -3.17. The second kappa shape index (κ2) is 8.83. The molecule has 1 N–H and O–H groups in total. The molecule has 1 saturated heterocycles. The summed E-state index contributed by atoms with van der Waals surface area (Å²) in [6, 6.07) is 14.4. The van der Waals surface area contributed by atoms with Crippen molar-refractivity contribution in [1.29, 1.82) is 0 Å². The summed E-state index contributed by atoms with van der Waals surface area (Å²) in [5.41, 5.74) is 2.89. The van der Waals surface area contributed by atoms with E-state index in [1.165, 1.54) is 18.7 Å². The average molecular weight is 412 g/mol. The van der Waals surface area contributed by atoms with Crippen LogP contribution in [0.15, 0.2) is 48.5 Å². The molecule has 30 heavy (non-hydrogen) atoms. The molecule has 1 amide bonds. The largest absolute Gasteiger partial charge is 0.465 e. The lowest BCUT2D eigenvalue weighted by molar-refractivity contribution is -0.925. The molecule has 158 valence electrons. The summed E-state index contributed by atoms with van der Waals surface area (Å²) in [4.78, 5) is 30.1. The van der Waals surface area contributed by atoms with Crippen LogP contribution in [0.5, 0.6) is 0 Å². The van der Waals surface area contributed by atoms with Crippen LogP contribution in [0.4, 0.5) is 10.1 Å². The van der Waals surface area contributed by atoms with E-state index in [4.69, 9.17) is 4.74 Å². The molecule has 0 aromatic heterocycles. The number of quaternary nitrogens is 1. The van der Waals surface area contributed by atoms with Gasteiger partial charge in [0, 0.05) is 38.2 Å². The van der Waals surface area contributed by atoms with Crippen molar-refractivity contribution in [3.63, 3.8) is 0 Å². The molecule has 2 heterocycles. The van der Waals surface area contributed by atoms with Crippen molar-refractivity contribution in [1.82, 2.24) is 4.90 Å². The maximum atomic E-state index is 14.0. The van der Waals surface area contributed by atoms with Crippen molar-refractivity contribution < 1.29 is 23.6 Å². The number of hydrogen-bond acceptors (Lipinski definition) is 4. The number of anilines is 1. The van der Waals surface area contributed by atoms with Crippen LogP contribution < -0.4 is 9.80 Å². The molecule has 7 heteroatoms. The predicted molar refractivity (Wildman–Crippen MR) is 111 cm³/mol. The van der Waals surface area contributed by atoms with Gasteiger partial charge < -0.3 is 19.4 Å². The lowest BCUT2D eigenvalue weighted by atomic mass is 9.94. The first kappa shape index (κ1) is 20.3. The van der Waals surface area contributed by atoms with Crippen LogP contribution in [-0.2, 0) is 27.3 Å². The van der Waals surface area contributed by atoms with Gasteiger partial charge in [0.2, 0.25) is 0 Å². The number of para-hydroxylation sites is 1. The number of esters is 1. The number of methoxy groups -OCH3 is 1. The zero-order chi connectivity index (χ0) is 21.1. The second-order valence-electron chi connectivity index (χ2n) is 7.88. The fourth-order valence-corrected chi connectivity index (χ4v) is 4.45. The van der Waals surface area contributed by atoms with E-state index in [9.17, 15) is 14.0 Å². The number of fused-ring (bicyclic) bond motifs is 1. The molecular weight excluding hydrogens is 385 g/mol. The predicted octanol–water partition coefficient (Wildman–Crippen LogP) is 0.657. The van der Waals surface area contributed by atoms with Crippen molar-refractivity contribution in [3.8, 4) is 0 Å². The van der Waals surface area contributed by atoms with Gasteiger partial charge in [-0.15, -0.1) is 0 Å². The number of hydrogen-bond donors (Lipinski definition) is 1. The monoisotopic (exact) mass is 412 g/mol. The molecule has 2 aliphatic rings. The number of carbonyl (C=O) groups is 2. The summed E-state index contributed by atoms with van der Waals surface area (Å²) in [6.45, 7) is 3.13. The maximum absolute atomic E-state index is 14.0. The quantitative estimate of drug-likeness (QED) is 0.750. The Labute approximate surface area is 175 Å². The molecule has 4 rings (SSSR count). The summed E-state index contributed by atoms with van der Waals surface area (Å²) in [6.07, 6.45) is 0.576. The Bertz CT molecular complexity index is 927. The van der Waals surface area contributed by atoms with E-state index >= 15 is 0 Å². The zero-order valence-corrected chi connectivity index (χ0v) is 17.1. The average Bonchev–Trinajstić information content (AvgIpc) is 2.78. The number of amides is 1. The third-order valence-electron chi connectivity index (χ3n) is 6.14. The Morgan fingerprint density at radius 2 is 1.70 bits per heavy atom. The number of benzene rings is 2. The van der Waals surface area contributed by atoms with E-state index in [1.807, 2.05) is 34.1 Å². The van der Waals surface area contributed by atoms with E-state index in [1.54, 1.807) is 12.1 Å². The highest BCUT2D eigenvalue weighted by molar-refractivity contribution is 5.79. The van der Waals surface area contributed by atoms with E-state index in [0.717, 1.165) is 10.5 Å². The molecule has 0 saturated carbocycles. The van der Waals surface area contributed by atoms with Crippen LogP contribution in [0.2, 0.25) is 0 Å². The van der Waals surface area contributed by atoms with Gasteiger partial charge in [0.25, 0.3) is 5.91 Å². The highest BCUT2D eigenvalue weighted by Gasteiger charge is 2.38. The molecule has 2 atom stereocenters. The first-order chi connectivity index (χ1) is 14.6. The Morgan fingerprint density at radius 1 is 1.03 bits per heavy atom. The minimum Gasteiger partial charge on any atom is -0.465 e. The van der Waals surface area contributed by atoms with Crippen LogP contribution in [0.25, 0.3) is 0 Å². The minimum absolute atomic E-state index is 0.0199. The van der Waals surface area contributed by atoms with E-state index in [2.05, 4.69) is 6.07 Å². The van der Waals surface area contributed by atoms with Crippen molar-refractivity contribution >= 4 is 17.6 Å². The molecule has 1 unspecified atom stereocenters. The van der Waals surface area contributed by atoms with E-state index in [0.29, 0.717) is 44.8 Å². The fraction of sp³-hybridized carbons (Fsp3) is 0.391. The number of ether oxygens (including phenoxy) is 1. The molecule has 2 aliphatic heterocycles. The molecule has 2 aromatic carbocycles. The van der Waals surface area contributed by atoms with Crippen LogP contribution in [0.1, 0.15) is 11.1 Å². The molecule has 0 radical (unpaired) electrons. The van der Waals surface area contributed by atoms with Gasteiger partial charge in [0.15, 0.2) is 12.6 Å². The van der Waals surface area contributed by atoms with Crippen LogP contribution in [0, 0.1) is 5.82 Å². The molecule has 2 aromatic rings. The first-order valence-corrected chi connectivity index (χ1v) is 10.3. The molecular formula is C23H27FN3O3+. The van der Waals surface area contributed by atoms with Crippen molar-refractivity contribution in [2.45, 2.75) is 19.0 Å². The van der Waals surface area contributed by atoms with Crippen LogP contribution in [-0.4, -0.2) is 62.7 Å². The number of piperazine rings is 1. The van der Waals surface area contributed by atoms with E-state index in [-0.39, 0.29) is 30.3 Å². The normalized spacial score (nSPS) is 21.1. The standard InChI is InChI=1S/C23H26FN3O3/c1-30-23(29)21-14-17-6-2-3-7-18(17)15-27(21)16-22(28)26-12-10-25(11-13-26)20-9-5-4-8-19(20)24/h2-9,21H,10-16H2,1H3/p+1/t21-/m1/s1. The SMILES string of the molecule is COC(=O)[C@H]1Cc2ccccc2C[NH+]1CC(=O)N1CCN(c2ccccc2F)CC1. The van der Waals surface area contributed by atoms with Crippen molar-refractivity contribution in [2.75, 3.05) is 44.7 Å². The zero-order valence-electron chi connectivity index (χ0n) is 17.1. The Morgan fingerprint density at radius 3 is 2.40 bits per heavy atom. The summed E-state index contributed by atoms with van der Waals surface area (Å²) in [5, 5.41) is 0. The topological polar surface area (TPSA) is 54.3 Å². The van der Waals surface area contributed by atoms with Crippen molar-refractivity contribution in [2.24, 2.45) is 0 Å². The summed E-state index contributed by atoms with van der Waals surface area (Å²) in [7, 11) is 1.39.